The Kier molecular flexibility index (Phi) is 5.74. The lowest BCUT2D eigenvalue weighted by atomic mass is 10.0. The zero-order valence-electron chi connectivity index (χ0n) is 13.5. The van der Waals surface area contributed by atoms with Gasteiger partial charge in [-0.2, -0.15) is 0 Å². The van der Waals surface area contributed by atoms with Crippen LogP contribution in [0.4, 0.5) is 0 Å². The van der Waals surface area contributed by atoms with Crippen LogP contribution < -0.4 is 5.32 Å². The maximum Gasteiger partial charge on any atom is 0.253 e. The van der Waals surface area contributed by atoms with E-state index in [1.165, 1.54) is 17.8 Å². The number of halogens is 2. The molecule has 0 spiro atoms. The third-order valence-corrected chi connectivity index (χ3v) is 5.51. The Morgan fingerprint density at radius 1 is 1.24 bits per heavy atom. The highest BCUT2D eigenvalue weighted by Crippen LogP contribution is 2.27. The largest absolute Gasteiger partial charge is 0.340 e. The minimum Gasteiger partial charge on any atom is -0.340 e. The van der Waals surface area contributed by atoms with Crippen molar-refractivity contribution in [1.82, 2.24) is 10.3 Å². The first-order valence-corrected chi connectivity index (χ1v) is 9.46. The summed E-state index contributed by atoms with van der Waals surface area (Å²) in [6.07, 6.45) is 2.40. The number of rotatable bonds is 5. The lowest BCUT2D eigenvalue weighted by Gasteiger charge is -2.18. The van der Waals surface area contributed by atoms with E-state index in [1.54, 1.807) is 11.3 Å². The van der Waals surface area contributed by atoms with Crippen molar-refractivity contribution in [2.24, 2.45) is 0 Å². The molecule has 0 saturated heterocycles. The van der Waals surface area contributed by atoms with Gasteiger partial charge in [0, 0.05) is 11.1 Å². The van der Waals surface area contributed by atoms with Crippen LogP contribution >= 0.6 is 34.5 Å². The molecule has 1 atom stereocenters. The predicted molar refractivity (Wildman–Crippen MR) is 104 cm³/mol. The van der Waals surface area contributed by atoms with E-state index in [0.29, 0.717) is 5.56 Å². The number of carbonyl (C=O) groups excluding carboxylic acids is 1. The molecule has 2 heterocycles. The number of amides is 1. The highest BCUT2D eigenvalue weighted by atomic mass is 35.5. The molecule has 1 amide bonds. The van der Waals surface area contributed by atoms with Crippen molar-refractivity contribution in [2.45, 2.75) is 19.4 Å². The van der Waals surface area contributed by atoms with Crippen molar-refractivity contribution in [3.05, 3.63) is 85.8 Å². The molecule has 0 saturated carbocycles. The van der Waals surface area contributed by atoms with Gasteiger partial charge in [-0.15, -0.1) is 11.3 Å². The summed E-state index contributed by atoms with van der Waals surface area (Å²) in [5.74, 6) is -0.246. The number of nitrogens with one attached hydrogen (secondary N) is 1. The molecule has 3 aromatic rings. The van der Waals surface area contributed by atoms with Crippen molar-refractivity contribution in [3.63, 3.8) is 0 Å². The van der Waals surface area contributed by atoms with Crippen molar-refractivity contribution in [1.29, 1.82) is 0 Å². The molecule has 0 unspecified atom stereocenters. The maximum atomic E-state index is 12.7. The fraction of sp³-hybridized carbons (Fsp3) is 0.158. The van der Waals surface area contributed by atoms with E-state index in [9.17, 15) is 4.79 Å². The monoisotopic (exact) mass is 390 g/mol. The predicted octanol–water partition coefficient (Wildman–Crippen LogP) is 5.53. The van der Waals surface area contributed by atoms with E-state index in [2.05, 4.69) is 41.5 Å². The van der Waals surface area contributed by atoms with Gasteiger partial charge in [-0.05, 0) is 35.1 Å². The van der Waals surface area contributed by atoms with Crippen LogP contribution in [0.25, 0.3) is 0 Å². The van der Waals surface area contributed by atoms with Gasteiger partial charge in [0.25, 0.3) is 5.91 Å². The lowest BCUT2D eigenvalue weighted by molar-refractivity contribution is 0.0943. The van der Waals surface area contributed by atoms with E-state index in [1.807, 2.05) is 17.5 Å². The fourth-order valence-corrected chi connectivity index (χ4v) is 3.55. The molecule has 25 heavy (non-hydrogen) atoms. The maximum absolute atomic E-state index is 12.7. The lowest BCUT2D eigenvalue weighted by Crippen LogP contribution is -2.29. The Morgan fingerprint density at radius 3 is 2.60 bits per heavy atom. The summed E-state index contributed by atoms with van der Waals surface area (Å²) in [6.45, 7) is 2.12. The average molecular weight is 391 g/mol. The molecule has 0 aliphatic carbocycles. The van der Waals surface area contributed by atoms with Gasteiger partial charge in [0.1, 0.15) is 5.15 Å². The Morgan fingerprint density at radius 2 is 2.00 bits per heavy atom. The highest BCUT2D eigenvalue weighted by molar-refractivity contribution is 7.10. The van der Waals surface area contributed by atoms with Crippen LogP contribution in [0.2, 0.25) is 10.2 Å². The second-order valence-electron chi connectivity index (χ2n) is 5.51. The third kappa shape index (κ3) is 4.21. The van der Waals surface area contributed by atoms with Crippen LogP contribution in [-0.4, -0.2) is 10.9 Å². The molecule has 0 aliphatic rings. The van der Waals surface area contributed by atoms with Gasteiger partial charge in [-0.25, -0.2) is 4.98 Å². The number of hydrogen-bond acceptors (Lipinski definition) is 3. The molecular weight excluding hydrogens is 375 g/mol. The van der Waals surface area contributed by atoms with Gasteiger partial charge in [-0.1, -0.05) is 60.5 Å². The van der Waals surface area contributed by atoms with E-state index < -0.39 is 0 Å². The summed E-state index contributed by atoms with van der Waals surface area (Å²) >= 11 is 13.4. The Labute approximate surface area is 160 Å². The van der Waals surface area contributed by atoms with Crippen LogP contribution in [0.3, 0.4) is 0 Å². The molecule has 0 radical (unpaired) electrons. The number of thiophene rings is 1. The summed E-state index contributed by atoms with van der Waals surface area (Å²) in [5, 5.41) is 5.50. The number of aromatic nitrogens is 1. The van der Waals surface area contributed by atoms with Gasteiger partial charge >= 0.3 is 0 Å². The highest BCUT2D eigenvalue weighted by Gasteiger charge is 2.19. The molecule has 6 heteroatoms. The van der Waals surface area contributed by atoms with Crippen LogP contribution in [0.15, 0.2) is 54.0 Å². The fourth-order valence-electron chi connectivity index (χ4n) is 2.48. The summed E-state index contributed by atoms with van der Waals surface area (Å²) in [6, 6.07) is 13.6. The molecule has 0 fully saturated rings. The SMILES string of the molecule is CCc1ccc([C@@H](NC(=O)c2cnc(Cl)c(Cl)c2)c2cccs2)cc1. The molecule has 1 aromatic carbocycles. The van der Waals surface area contributed by atoms with Crippen LogP contribution in [0.5, 0.6) is 0 Å². The summed E-state index contributed by atoms with van der Waals surface area (Å²) in [7, 11) is 0. The van der Waals surface area contributed by atoms with E-state index in [0.717, 1.165) is 16.9 Å². The molecule has 3 rings (SSSR count). The number of benzene rings is 1. The summed E-state index contributed by atoms with van der Waals surface area (Å²) in [4.78, 5) is 17.7. The minimum atomic E-state index is -0.246. The first-order valence-electron chi connectivity index (χ1n) is 7.82. The van der Waals surface area contributed by atoms with Crippen molar-refractivity contribution in [2.75, 3.05) is 0 Å². The first-order chi connectivity index (χ1) is 12.1. The zero-order chi connectivity index (χ0) is 17.8. The smallest absolute Gasteiger partial charge is 0.253 e. The van der Waals surface area contributed by atoms with E-state index in [-0.39, 0.29) is 22.1 Å². The Balaban J connectivity index is 1.89. The standard InChI is InChI=1S/C19H16Cl2N2OS/c1-2-12-5-7-13(8-6-12)17(16-4-3-9-25-16)23-19(24)14-10-15(20)18(21)22-11-14/h3-11,17H,2H2,1H3,(H,23,24)/t17-/m1/s1. The molecule has 3 nitrogen and oxygen atoms in total. The molecular formula is C19H16Cl2N2OS. The number of nitrogens with zero attached hydrogens (tertiary/aromatic N) is 1. The molecule has 0 aliphatic heterocycles. The molecule has 128 valence electrons. The van der Waals surface area contributed by atoms with Gasteiger partial charge in [0.05, 0.1) is 16.6 Å². The molecule has 1 N–H and O–H groups in total. The van der Waals surface area contributed by atoms with Crippen LogP contribution in [0.1, 0.15) is 39.3 Å². The third-order valence-electron chi connectivity index (χ3n) is 3.88. The summed E-state index contributed by atoms with van der Waals surface area (Å²) in [5.41, 5.74) is 2.66. The van der Waals surface area contributed by atoms with Gasteiger partial charge in [0.2, 0.25) is 0 Å². The van der Waals surface area contributed by atoms with Gasteiger partial charge in [0.15, 0.2) is 0 Å². The average Bonchev–Trinajstić information content (AvgIpc) is 3.16. The summed E-state index contributed by atoms with van der Waals surface area (Å²) < 4.78 is 0. The van der Waals surface area contributed by atoms with Crippen LogP contribution in [-0.2, 0) is 6.42 Å². The quantitative estimate of drug-likeness (QED) is 0.581. The number of carbonyl (C=O) groups is 1. The number of pyridine rings is 1. The molecule has 2 aromatic heterocycles. The number of aryl methyl sites for hydroxylation is 1. The first kappa shape index (κ1) is 17.9. The van der Waals surface area contributed by atoms with Crippen molar-refractivity contribution in [3.8, 4) is 0 Å². The topological polar surface area (TPSA) is 42.0 Å². The van der Waals surface area contributed by atoms with Gasteiger partial charge < -0.3 is 5.32 Å². The minimum absolute atomic E-state index is 0.183. The van der Waals surface area contributed by atoms with Crippen LogP contribution in [0, 0.1) is 0 Å². The Bertz CT molecular complexity index is 864. The molecule has 0 bridgehead atoms. The normalized spacial score (nSPS) is 12.0. The van der Waals surface area contributed by atoms with E-state index in [4.69, 9.17) is 23.2 Å². The van der Waals surface area contributed by atoms with Crippen molar-refractivity contribution < 1.29 is 4.79 Å². The second kappa shape index (κ2) is 8.00. The van der Waals surface area contributed by atoms with E-state index >= 15 is 0 Å². The number of hydrogen-bond donors (Lipinski definition) is 1. The van der Waals surface area contributed by atoms with Gasteiger partial charge in [-0.3, -0.25) is 4.79 Å². The second-order valence-corrected chi connectivity index (χ2v) is 7.26. The zero-order valence-corrected chi connectivity index (χ0v) is 15.8. The van der Waals surface area contributed by atoms with Crippen molar-refractivity contribution >= 4 is 40.4 Å². The Hall–Kier alpha value is -1.88.